The molecular formula is C26H32N12O. The Morgan fingerprint density at radius 3 is 1.79 bits per heavy atom. The van der Waals surface area contributed by atoms with Crippen LogP contribution in [-0.2, 0) is 0 Å². The second-order valence-electron chi connectivity index (χ2n) is 6.91. The Balaban J connectivity index is 0.000000538. The third kappa shape index (κ3) is 11.4. The van der Waals surface area contributed by atoms with Crippen molar-refractivity contribution in [3.8, 4) is 17.6 Å². The molecule has 0 amide bonds. The highest BCUT2D eigenvalue weighted by atomic mass is 16.0. The molecule has 39 heavy (non-hydrogen) atoms. The maximum absolute atomic E-state index is 8.36. The van der Waals surface area contributed by atoms with Gasteiger partial charge in [0.15, 0.2) is 11.7 Å². The van der Waals surface area contributed by atoms with E-state index < -0.39 is 0 Å². The number of nitrogens with one attached hydrogen (secondary N) is 1. The van der Waals surface area contributed by atoms with E-state index in [1.54, 1.807) is 55.0 Å². The SMILES string of the molecule is C=Cc1ccc(-c2n[nH]c(C)n2)nc1.C=Cc1ccc(C#N)nc1.C=Cc1ccc(C(N)=NN)nc1.NN.O. The Bertz CT molecular complexity index is 1350. The predicted octanol–water partition coefficient (Wildman–Crippen LogP) is 1.71. The molecule has 0 aromatic carbocycles. The van der Waals surface area contributed by atoms with Gasteiger partial charge in [0.1, 0.15) is 29.0 Å². The van der Waals surface area contributed by atoms with Crippen molar-refractivity contribution in [2.45, 2.75) is 6.92 Å². The van der Waals surface area contributed by atoms with E-state index in [-0.39, 0.29) is 11.3 Å². The molecule has 0 unspecified atom stereocenters. The fourth-order valence-electron chi connectivity index (χ4n) is 2.45. The first-order valence-corrected chi connectivity index (χ1v) is 10.9. The fraction of sp³-hybridized carbons (Fsp3) is 0.0385. The van der Waals surface area contributed by atoms with Crippen LogP contribution in [0.3, 0.4) is 0 Å². The van der Waals surface area contributed by atoms with Gasteiger partial charge in [0, 0.05) is 18.6 Å². The largest absolute Gasteiger partial charge is 0.412 e. The standard InChI is InChI=1S/C10H10N4.C8H10N4.C8H6N2.H4N2.H2O/c1-3-8-4-5-9(11-6-8)10-12-7(2)13-14-10;1-2-6-3-4-7(11-5-6)8(9)12-10;1-2-7-3-4-8(5-9)10-6-7;1-2;/h3-6H,1H2,2H3,(H,12,13,14);2-5H,1,10H2,(H2,9,12);2-4,6H,1H2;1-2H2;1H2. The van der Waals surface area contributed by atoms with E-state index in [4.69, 9.17) is 16.8 Å². The molecular weight excluding hydrogens is 496 g/mol. The Labute approximate surface area is 226 Å². The third-order valence-corrected chi connectivity index (χ3v) is 4.41. The molecule has 0 spiro atoms. The van der Waals surface area contributed by atoms with Gasteiger partial charge in [0.2, 0.25) is 0 Å². The van der Waals surface area contributed by atoms with E-state index in [9.17, 15) is 0 Å². The lowest BCUT2D eigenvalue weighted by atomic mass is 10.2. The van der Waals surface area contributed by atoms with Gasteiger partial charge in [-0.05, 0) is 41.8 Å². The molecule has 4 heterocycles. The molecule has 13 nitrogen and oxygen atoms in total. The first kappa shape index (κ1) is 33.4. The molecule has 11 N–H and O–H groups in total. The first-order valence-electron chi connectivity index (χ1n) is 10.9. The van der Waals surface area contributed by atoms with Crippen molar-refractivity contribution in [2.24, 2.45) is 28.4 Å². The highest BCUT2D eigenvalue weighted by Crippen LogP contribution is 2.12. The van der Waals surface area contributed by atoms with Crippen LogP contribution in [-0.4, -0.2) is 41.4 Å². The van der Waals surface area contributed by atoms with Crippen LogP contribution in [0.2, 0.25) is 0 Å². The molecule has 202 valence electrons. The molecule has 0 aliphatic carbocycles. The molecule has 0 saturated carbocycles. The van der Waals surface area contributed by atoms with Gasteiger partial charge in [-0.25, -0.2) is 9.97 Å². The summed E-state index contributed by atoms with van der Waals surface area (Å²) in [5, 5.41) is 18.5. The van der Waals surface area contributed by atoms with Gasteiger partial charge < -0.3 is 17.1 Å². The van der Waals surface area contributed by atoms with Crippen LogP contribution in [0.15, 0.2) is 79.8 Å². The number of H-pyrrole nitrogens is 1. The van der Waals surface area contributed by atoms with Gasteiger partial charge in [-0.3, -0.25) is 26.8 Å². The number of hydrazine groups is 1. The van der Waals surface area contributed by atoms with E-state index >= 15 is 0 Å². The zero-order valence-corrected chi connectivity index (χ0v) is 21.5. The lowest BCUT2D eigenvalue weighted by Gasteiger charge is -1.97. The van der Waals surface area contributed by atoms with Gasteiger partial charge in [-0.15, -0.1) is 0 Å². The van der Waals surface area contributed by atoms with Crippen molar-refractivity contribution >= 4 is 24.1 Å². The minimum atomic E-state index is 0. The number of nitrogens with zero attached hydrogens (tertiary/aromatic N) is 7. The van der Waals surface area contributed by atoms with E-state index in [0.717, 1.165) is 28.2 Å². The zero-order valence-electron chi connectivity index (χ0n) is 21.5. The minimum Gasteiger partial charge on any atom is -0.412 e. The number of hydrazone groups is 1. The predicted molar refractivity (Wildman–Crippen MR) is 155 cm³/mol. The third-order valence-electron chi connectivity index (χ3n) is 4.41. The summed E-state index contributed by atoms with van der Waals surface area (Å²) in [4.78, 5) is 16.2. The summed E-state index contributed by atoms with van der Waals surface area (Å²) in [6.07, 6.45) is 10.2. The lowest BCUT2D eigenvalue weighted by Crippen LogP contribution is -2.16. The molecule has 0 fully saturated rings. The summed E-state index contributed by atoms with van der Waals surface area (Å²) < 4.78 is 0. The number of rotatable bonds is 5. The van der Waals surface area contributed by atoms with Crippen molar-refractivity contribution < 1.29 is 5.48 Å². The molecule has 0 saturated heterocycles. The summed E-state index contributed by atoms with van der Waals surface area (Å²) in [6, 6.07) is 12.8. The maximum atomic E-state index is 8.36. The van der Waals surface area contributed by atoms with Crippen LogP contribution in [0.1, 0.15) is 33.9 Å². The minimum absolute atomic E-state index is 0. The molecule has 0 aliphatic heterocycles. The fourth-order valence-corrected chi connectivity index (χ4v) is 2.45. The van der Waals surface area contributed by atoms with E-state index in [1.165, 1.54) is 0 Å². The number of pyridine rings is 3. The molecule has 0 bridgehead atoms. The highest BCUT2D eigenvalue weighted by Gasteiger charge is 2.03. The molecule has 13 heteroatoms. The van der Waals surface area contributed by atoms with Crippen molar-refractivity contribution in [1.29, 1.82) is 5.26 Å². The van der Waals surface area contributed by atoms with Gasteiger partial charge in [0.05, 0.1) is 0 Å². The maximum Gasteiger partial charge on any atom is 0.199 e. The number of aryl methyl sites for hydroxylation is 1. The molecule has 0 radical (unpaired) electrons. The molecule has 0 atom stereocenters. The lowest BCUT2D eigenvalue weighted by molar-refractivity contribution is 0.824. The normalized spacial score (nSPS) is 9.33. The van der Waals surface area contributed by atoms with Crippen molar-refractivity contribution in [2.75, 3.05) is 0 Å². The Kier molecular flexibility index (Phi) is 16.0. The quantitative estimate of drug-likeness (QED) is 0.108. The van der Waals surface area contributed by atoms with Crippen LogP contribution >= 0.6 is 0 Å². The molecule has 0 aliphatic rings. The topological polar surface area (TPSA) is 252 Å². The number of nitriles is 1. The van der Waals surface area contributed by atoms with Crippen LogP contribution in [0.4, 0.5) is 0 Å². The number of amidine groups is 1. The number of hydrogen-bond acceptors (Lipinski definition) is 10. The van der Waals surface area contributed by atoms with Gasteiger partial charge in [-0.2, -0.15) is 15.5 Å². The second kappa shape index (κ2) is 18.7. The summed E-state index contributed by atoms with van der Waals surface area (Å²) in [5.74, 6) is 14.6. The Hall–Kier alpha value is -5.55. The number of aromatic amines is 1. The average Bonchev–Trinajstić information content (AvgIpc) is 3.44. The average molecular weight is 529 g/mol. The van der Waals surface area contributed by atoms with E-state index in [2.05, 4.69) is 66.7 Å². The second-order valence-corrected chi connectivity index (χ2v) is 6.91. The van der Waals surface area contributed by atoms with Crippen LogP contribution in [0, 0.1) is 18.3 Å². The van der Waals surface area contributed by atoms with Crippen LogP contribution in [0.5, 0.6) is 0 Å². The number of nitrogens with two attached hydrogens (primary N) is 4. The van der Waals surface area contributed by atoms with Gasteiger partial charge in [0.25, 0.3) is 0 Å². The Morgan fingerprint density at radius 1 is 0.897 bits per heavy atom. The van der Waals surface area contributed by atoms with Crippen LogP contribution in [0.25, 0.3) is 29.7 Å². The number of aromatic nitrogens is 6. The van der Waals surface area contributed by atoms with Crippen LogP contribution < -0.4 is 23.3 Å². The summed E-state index contributed by atoms with van der Waals surface area (Å²) in [5.41, 5.74) is 10.0. The van der Waals surface area contributed by atoms with Crippen molar-refractivity contribution in [3.63, 3.8) is 0 Å². The molecule has 4 rings (SSSR count). The van der Waals surface area contributed by atoms with E-state index in [0.29, 0.717) is 17.2 Å². The highest BCUT2D eigenvalue weighted by molar-refractivity contribution is 5.95. The van der Waals surface area contributed by atoms with Crippen molar-refractivity contribution in [3.05, 3.63) is 109 Å². The summed E-state index contributed by atoms with van der Waals surface area (Å²) in [6.45, 7) is 12.7. The zero-order chi connectivity index (χ0) is 28.3. The smallest absolute Gasteiger partial charge is 0.199 e. The summed E-state index contributed by atoms with van der Waals surface area (Å²) >= 11 is 0. The number of hydrogen-bond donors (Lipinski definition) is 5. The summed E-state index contributed by atoms with van der Waals surface area (Å²) in [7, 11) is 0. The molecule has 4 aromatic rings. The monoisotopic (exact) mass is 528 g/mol. The van der Waals surface area contributed by atoms with Crippen molar-refractivity contribution in [1.82, 2.24) is 30.1 Å². The Morgan fingerprint density at radius 2 is 1.44 bits per heavy atom. The molecule has 4 aromatic heterocycles. The van der Waals surface area contributed by atoms with E-state index in [1.807, 2.05) is 31.2 Å². The first-order chi connectivity index (χ1) is 18.4. The van der Waals surface area contributed by atoms with Gasteiger partial charge >= 0.3 is 0 Å². The van der Waals surface area contributed by atoms with Gasteiger partial charge in [-0.1, -0.05) is 56.2 Å².